The molecule has 3 aromatic rings. The number of aryl methyl sites for hydroxylation is 1. The van der Waals surface area contributed by atoms with Crippen molar-refractivity contribution in [2.24, 2.45) is 5.92 Å². The topological polar surface area (TPSA) is 81.2 Å². The van der Waals surface area contributed by atoms with Crippen molar-refractivity contribution in [1.29, 1.82) is 0 Å². The van der Waals surface area contributed by atoms with Gasteiger partial charge in [0, 0.05) is 62.8 Å². The maximum absolute atomic E-state index is 12.5. The maximum Gasteiger partial charge on any atom is 0.252 e. The lowest BCUT2D eigenvalue weighted by Gasteiger charge is -2.36. The van der Waals surface area contributed by atoms with Crippen LogP contribution in [0, 0.1) is 12.8 Å². The van der Waals surface area contributed by atoms with E-state index in [0.717, 1.165) is 62.4 Å². The summed E-state index contributed by atoms with van der Waals surface area (Å²) in [7, 11) is 0. The molecule has 0 atom stereocenters. The first-order chi connectivity index (χ1) is 16.1. The van der Waals surface area contributed by atoms with Crippen LogP contribution in [0.25, 0.3) is 11.3 Å². The van der Waals surface area contributed by atoms with Crippen LogP contribution in [0.2, 0.25) is 0 Å². The average Bonchev–Trinajstić information content (AvgIpc) is 2.85. The minimum absolute atomic E-state index is 0.158. The molecule has 1 aromatic carbocycles. The number of aromatic nitrogens is 4. The molecule has 1 N–H and O–H groups in total. The van der Waals surface area contributed by atoms with Crippen LogP contribution in [0.5, 0.6) is 0 Å². The van der Waals surface area contributed by atoms with E-state index in [9.17, 15) is 4.79 Å². The Hall–Kier alpha value is -3.42. The number of benzene rings is 1. The summed E-state index contributed by atoms with van der Waals surface area (Å²) in [6, 6.07) is 12.0. The van der Waals surface area contributed by atoms with Gasteiger partial charge in [0.2, 0.25) is 11.9 Å². The fourth-order valence-electron chi connectivity index (χ4n) is 4.62. The molecule has 0 radical (unpaired) electrons. The van der Waals surface area contributed by atoms with Gasteiger partial charge in [0.25, 0.3) is 5.56 Å². The highest BCUT2D eigenvalue weighted by atomic mass is 16.1. The van der Waals surface area contributed by atoms with Gasteiger partial charge in [0.1, 0.15) is 0 Å². The second-order valence-corrected chi connectivity index (χ2v) is 9.10. The van der Waals surface area contributed by atoms with Gasteiger partial charge in [0.15, 0.2) is 0 Å². The van der Waals surface area contributed by atoms with Gasteiger partial charge in [-0.3, -0.25) is 9.78 Å². The molecule has 33 heavy (non-hydrogen) atoms. The highest BCUT2D eigenvalue weighted by Gasteiger charge is 2.21. The number of para-hydroxylation sites is 1. The van der Waals surface area contributed by atoms with Crippen molar-refractivity contribution in [2.75, 3.05) is 54.0 Å². The zero-order chi connectivity index (χ0) is 22.8. The summed E-state index contributed by atoms with van der Waals surface area (Å²) in [5, 5.41) is 0. The molecule has 2 aliphatic rings. The van der Waals surface area contributed by atoms with Crippen LogP contribution < -0.4 is 20.3 Å². The quantitative estimate of drug-likeness (QED) is 0.661. The molecular weight excluding hydrogens is 414 g/mol. The third-order valence-corrected chi connectivity index (χ3v) is 6.74. The summed E-state index contributed by atoms with van der Waals surface area (Å²) in [6.07, 6.45) is 4.15. The highest BCUT2D eigenvalue weighted by molar-refractivity contribution is 5.63. The van der Waals surface area contributed by atoms with E-state index < -0.39 is 0 Å². The number of rotatable bonds is 4. The molecule has 8 heteroatoms. The second-order valence-electron chi connectivity index (χ2n) is 9.10. The SMILES string of the molecule is Cc1nc(N2CCC(C)CC2)ncc1-c1cc(=O)[nH]c(N2CCN(c3ccccc3)CC2)n1. The number of piperidine rings is 1. The van der Waals surface area contributed by atoms with Gasteiger partial charge in [0.05, 0.1) is 11.4 Å². The summed E-state index contributed by atoms with van der Waals surface area (Å²) in [5.41, 5.74) is 3.34. The Kier molecular flexibility index (Phi) is 5.98. The molecule has 0 spiro atoms. The minimum atomic E-state index is -0.158. The van der Waals surface area contributed by atoms with E-state index in [1.807, 2.05) is 19.2 Å². The first kappa shape index (κ1) is 21.4. The monoisotopic (exact) mass is 445 g/mol. The third-order valence-electron chi connectivity index (χ3n) is 6.74. The molecule has 2 saturated heterocycles. The van der Waals surface area contributed by atoms with Gasteiger partial charge < -0.3 is 14.7 Å². The number of hydrogen-bond donors (Lipinski definition) is 1. The van der Waals surface area contributed by atoms with E-state index in [4.69, 9.17) is 9.97 Å². The Bertz CT molecular complexity index is 1150. The standard InChI is InChI=1S/C25H31N7O/c1-18-8-10-31(11-9-18)24-26-17-21(19(2)27-24)22-16-23(33)29-25(28-22)32-14-12-30(13-15-32)20-6-4-3-5-7-20/h3-7,16-18H,8-15H2,1-2H3,(H,28,29,33). The van der Waals surface area contributed by atoms with E-state index in [0.29, 0.717) is 11.6 Å². The maximum atomic E-state index is 12.5. The molecule has 2 aromatic heterocycles. The molecule has 172 valence electrons. The molecule has 0 bridgehead atoms. The number of anilines is 3. The predicted molar refractivity (Wildman–Crippen MR) is 132 cm³/mol. The van der Waals surface area contributed by atoms with E-state index in [1.54, 1.807) is 0 Å². The van der Waals surface area contributed by atoms with E-state index >= 15 is 0 Å². The second kappa shape index (κ2) is 9.21. The summed E-state index contributed by atoms with van der Waals surface area (Å²) in [6.45, 7) is 9.59. The van der Waals surface area contributed by atoms with Gasteiger partial charge in [-0.25, -0.2) is 15.0 Å². The van der Waals surface area contributed by atoms with Crippen molar-refractivity contribution in [3.63, 3.8) is 0 Å². The average molecular weight is 446 g/mol. The Morgan fingerprint density at radius 3 is 2.30 bits per heavy atom. The van der Waals surface area contributed by atoms with E-state index in [-0.39, 0.29) is 5.56 Å². The number of aromatic amines is 1. The predicted octanol–water partition coefficient (Wildman–Crippen LogP) is 3.10. The van der Waals surface area contributed by atoms with Crippen LogP contribution in [0.3, 0.4) is 0 Å². The molecule has 5 rings (SSSR count). The van der Waals surface area contributed by atoms with Crippen LogP contribution >= 0.6 is 0 Å². The van der Waals surface area contributed by atoms with Crippen molar-refractivity contribution in [1.82, 2.24) is 19.9 Å². The van der Waals surface area contributed by atoms with Crippen LogP contribution in [0.4, 0.5) is 17.6 Å². The fraction of sp³-hybridized carbons (Fsp3) is 0.440. The van der Waals surface area contributed by atoms with Crippen molar-refractivity contribution >= 4 is 17.6 Å². The van der Waals surface area contributed by atoms with Crippen molar-refractivity contribution in [3.05, 3.63) is 58.6 Å². The summed E-state index contributed by atoms with van der Waals surface area (Å²) >= 11 is 0. The Labute approximate surface area is 194 Å². The van der Waals surface area contributed by atoms with Crippen molar-refractivity contribution in [3.8, 4) is 11.3 Å². The molecule has 2 fully saturated rings. The van der Waals surface area contributed by atoms with Crippen molar-refractivity contribution < 1.29 is 0 Å². The molecule has 0 unspecified atom stereocenters. The van der Waals surface area contributed by atoms with Gasteiger partial charge >= 0.3 is 0 Å². The zero-order valence-corrected chi connectivity index (χ0v) is 19.4. The van der Waals surface area contributed by atoms with E-state index in [2.05, 4.69) is 55.9 Å². The van der Waals surface area contributed by atoms with Crippen LogP contribution in [-0.2, 0) is 0 Å². The van der Waals surface area contributed by atoms with Crippen LogP contribution in [-0.4, -0.2) is 59.2 Å². The summed E-state index contributed by atoms with van der Waals surface area (Å²) in [5.74, 6) is 2.14. The molecule has 0 saturated carbocycles. The number of hydrogen-bond acceptors (Lipinski definition) is 7. The molecule has 4 heterocycles. The van der Waals surface area contributed by atoms with Gasteiger partial charge in [-0.1, -0.05) is 25.1 Å². The van der Waals surface area contributed by atoms with Gasteiger partial charge in [-0.2, -0.15) is 0 Å². The van der Waals surface area contributed by atoms with Crippen LogP contribution in [0.15, 0.2) is 47.4 Å². The van der Waals surface area contributed by atoms with Gasteiger partial charge in [-0.05, 0) is 37.8 Å². The number of nitrogens with one attached hydrogen (secondary N) is 1. The summed E-state index contributed by atoms with van der Waals surface area (Å²) < 4.78 is 0. The Morgan fingerprint density at radius 2 is 1.61 bits per heavy atom. The zero-order valence-electron chi connectivity index (χ0n) is 19.4. The summed E-state index contributed by atoms with van der Waals surface area (Å²) in [4.78, 5) is 36.3. The van der Waals surface area contributed by atoms with Crippen molar-refractivity contribution in [2.45, 2.75) is 26.7 Å². The molecule has 0 aliphatic carbocycles. The van der Waals surface area contributed by atoms with Gasteiger partial charge in [-0.15, -0.1) is 0 Å². The third kappa shape index (κ3) is 4.69. The normalized spacial score (nSPS) is 17.5. The molecule has 0 amide bonds. The fourth-order valence-corrected chi connectivity index (χ4v) is 4.62. The van der Waals surface area contributed by atoms with Crippen LogP contribution in [0.1, 0.15) is 25.5 Å². The Balaban J connectivity index is 1.33. The lowest BCUT2D eigenvalue weighted by atomic mass is 10.00. The first-order valence-electron chi connectivity index (χ1n) is 11.8. The lowest BCUT2D eigenvalue weighted by Crippen LogP contribution is -2.47. The number of piperazine rings is 1. The lowest BCUT2D eigenvalue weighted by molar-refractivity contribution is 0.434. The highest BCUT2D eigenvalue weighted by Crippen LogP contribution is 2.25. The number of H-pyrrole nitrogens is 1. The number of nitrogens with zero attached hydrogens (tertiary/aromatic N) is 6. The smallest absolute Gasteiger partial charge is 0.252 e. The Morgan fingerprint density at radius 1 is 0.909 bits per heavy atom. The molecule has 8 nitrogen and oxygen atoms in total. The first-order valence-corrected chi connectivity index (χ1v) is 11.8. The minimum Gasteiger partial charge on any atom is -0.368 e. The molecule has 2 aliphatic heterocycles. The molecular formula is C25H31N7O. The largest absolute Gasteiger partial charge is 0.368 e. The van der Waals surface area contributed by atoms with E-state index in [1.165, 1.54) is 24.6 Å².